The molecule has 0 atom stereocenters. The highest BCUT2D eigenvalue weighted by atomic mass is 35.5. The van der Waals surface area contributed by atoms with E-state index in [-0.39, 0.29) is 10.6 Å². The Morgan fingerprint density at radius 2 is 1.89 bits per heavy atom. The molecule has 1 heterocycles. The number of aromatic nitrogens is 1. The summed E-state index contributed by atoms with van der Waals surface area (Å²) in [4.78, 5) is 15.2. The molecule has 0 radical (unpaired) electrons. The van der Waals surface area contributed by atoms with Crippen LogP contribution in [-0.4, -0.2) is 22.1 Å². The zero-order valence-corrected chi connectivity index (χ0v) is 11.6. The maximum absolute atomic E-state index is 11.0. The van der Waals surface area contributed by atoms with E-state index in [1.54, 1.807) is 0 Å². The summed E-state index contributed by atoms with van der Waals surface area (Å²) in [5.74, 6) is -0.416. The number of hydrogen-bond acceptors (Lipinski definition) is 3. The summed E-state index contributed by atoms with van der Waals surface area (Å²) in [6.45, 7) is 0. The minimum absolute atomic E-state index is 0.102. The molecule has 0 saturated heterocycles. The lowest BCUT2D eigenvalue weighted by Crippen LogP contribution is -2.21. The van der Waals surface area contributed by atoms with Crippen molar-refractivity contribution in [3.63, 3.8) is 0 Å². The van der Waals surface area contributed by atoms with Crippen molar-refractivity contribution < 1.29 is 9.90 Å². The lowest BCUT2D eigenvalue weighted by Gasteiger charge is -2.21. The largest absolute Gasteiger partial charge is 0.478 e. The molecular weight excluding hydrogens is 264 g/mol. The Hall–Kier alpha value is -1.29. The monoisotopic (exact) mass is 282 g/mol. The molecule has 0 amide bonds. The Balaban J connectivity index is 2.05. The van der Waals surface area contributed by atoms with Crippen LogP contribution in [0.3, 0.4) is 0 Å². The molecule has 0 bridgehead atoms. The Morgan fingerprint density at radius 1 is 1.26 bits per heavy atom. The Morgan fingerprint density at radius 3 is 2.53 bits per heavy atom. The van der Waals surface area contributed by atoms with Crippen LogP contribution in [0.5, 0.6) is 0 Å². The highest BCUT2D eigenvalue weighted by molar-refractivity contribution is 6.33. The van der Waals surface area contributed by atoms with E-state index < -0.39 is 5.97 Å². The maximum Gasteiger partial charge on any atom is 0.337 e. The van der Waals surface area contributed by atoms with Gasteiger partial charge in [0.15, 0.2) is 0 Å². The zero-order valence-electron chi connectivity index (χ0n) is 10.9. The maximum atomic E-state index is 11.0. The zero-order chi connectivity index (χ0) is 13.7. The topological polar surface area (TPSA) is 62.2 Å². The lowest BCUT2D eigenvalue weighted by molar-refractivity contribution is 0.0697. The first-order valence-corrected chi connectivity index (χ1v) is 7.20. The van der Waals surface area contributed by atoms with E-state index in [1.165, 1.54) is 44.4 Å². The van der Waals surface area contributed by atoms with Gasteiger partial charge in [0.05, 0.1) is 10.6 Å². The number of anilines is 1. The fraction of sp³-hybridized carbons (Fsp3) is 0.571. The number of rotatable bonds is 3. The third-order valence-electron chi connectivity index (χ3n) is 3.54. The number of pyridine rings is 1. The molecular formula is C14H19ClN2O2. The fourth-order valence-electron chi connectivity index (χ4n) is 2.49. The Bertz CT molecular complexity index is 443. The lowest BCUT2D eigenvalue weighted by atomic mass is 9.97. The van der Waals surface area contributed by atoms with Crippen LogP contribution in [0.2, 0.25) is 5.02 Å². The van der Waals surface area contributed by atoms with Crippen molar-refractivity contribution in [3.8, 4) is 0 Å². The highest BCUT2D eigenvalue weighted by Gasteiger charge is 2.14. The van der Waals surface area contributed by atoms with Crippen molar-refractivity contribution >= 4 is 23.4 Å². The molecule has 1 aromatic heterocycles. The van der Waals surface area contributed by atoms with Gasteiger partial charge in [0.25, 0.3) is 0 Å². The molecule has 1 aliphatic carbocycles. The van der Waals surface area contributed by atoms with Gasteiger partial charge >= 0.3 is 5.97 Å². The van der Waals surface area contributed by atoms with Gasteiger partial charge in [0.2, 0.25) is 0 Å². The number of nitrogens with one attached hydrogen (secondary N) is 1. The van der Waals surface area contributed by atoms with Gasteiger partial charge in [0.1, 0.15) is 5.82 Å². The average molecular weight is 283 g/mol. The van der Waals surface area contributed by atoms with Crippen molar-refractivity contribution in [2.24, 2.45) is 0 Å². The molecule has 19 heavy (non-hydrogen) atoms. The third-order valence-corrected chi connectivity index (χ3v) is 3.84. The minimum Gasteiger partial charge on any atom is -0.478 e. The quantitative estimate of drug-likeness (QED) is 0.881. The number of aromatic carboxylic acids is 1. The first-order chi connectivity index (χ1) is 9.16. The van der Waals surface area contributed by atoms with Crippen molar-refractivity contribution in [2.75, 3.05) is 5.32 Å². The van der Waals surface area contributed by atoms with Crippen LogP contribution in [0.4, 0.5) is 5.82 Å². The molecule has 0 aliphatic heterocycles. The van der Waals surface area contributed by atoms with Crippen LogP contribution in [0, 0.1) is 0 Å². The molecule has 0 aromatic carbocycles. The van der Waals surface area contributed by atoms with Crippen LogP contribution in [0.1, 0.15) is 55.3 Å². The van der Waals surface area contributed by atoms with Crippen LogP contribution in [-0.2, 0) is 0 Å². The molecule has 2 N–H and O–H groups in total. The smallest absolute Gasteiger partial charge is 0.337 e. The van der Waals surface area contributed by atoms with Crippen LogP contribution >= 0.6 is 11.6 Å². The fourth-order valence-corrected chi connectivity index (χ4v) is 2.68. The van der Waals surface area contributed by atoms with Gasteiger partial charge < -0.3 is 10.4 Å². The first-order valence-electron chi connectivity index (χ1n) is 6.82. The summed E-state index contributed by atoms with van der Waals surface area (Å²) in [5, 5.41) is 12.6. The molecule has 0 spiro atoms. The molecule has 1 saturated carbocycles. The van der Waals surface area contributed by atoms with E-state index in [9.17, 15) is 4.79 Å². The predicted octanol–water partition coefficient (Wildman–Crippen LogP) is 3.96. The van der Waals surface area contributed by atoms with Gasteiger partial charge in [-0.05, 0) is 18.9 Å². The van der Waals surface area contributed by atoms with E-state index in [0.717, 1.165) is 12.8 Å². The number of carboxylic acids is 1. The minimum atomic E-state index is -1.02. The second kappa shape index (κ2) is 6.75. The normalized spacial score (nSPS) is 17.5. The number of carbonyl (C=O) groups is 1. The SMILES string of the molecule is O=C(O)c1cc(NC2CCCCCCC2)ncc1Cl. The Kier molecular flexibility index (Phi) is 5.02. The van der Waals surface area contributed by atoms with Crippen LogP contribution in [0.15, 0.2) is 12.3 Å². The summed E-state index contributed by atoms with van der Waals surface area (Å²) >= 11 is 5.81. The van der Waals surface area contributed by atoms with E-state index in [1.807, 2.05) is 0 Å². The summed E-state index contributed by atoms with van der Waals surface area (Å²) in [6.07, 6.45) is 9.97. The molecule has 2 rings (SSSR count). The molecule has 0 unspecified atom stereocenters. The predicted molar refractivity (Wildman–Crippen MR) is 75.9 cm³/mol. The van der Waals surface area contributed by atoms with E-state index in [4.69, 9.17) is 16.7 Å². The summed E-state index contributed by atoms with van der Waals surface area (Å²) in [7, 11) is 0. The van der Waals surface area contributed by atoms with Crippen molar-refractivity contribution in [1.29, 1.82) is 0 Å². The van der Waals surface area contributed by atoms with Crippen LogP contribution < -0.4 is 5.32 Å². The van der Waals surface area contributed by atoms with Crippen molar-refractivity contribution in [2.45, 2.75) is 51.0 Å². The van der Waals surface area contributed by atoms with E-state index in [2.05, 4.69) is 10.3 Å². The molecule has 5 heteroatoms. The second-order valence-corrected chi connectivity index (χ2v) is 5.45. The van der Waals surface area contributed by atoms with Gasteiger partial charge in [-0.2, -0.15) is 0 Å². The van der Waals surface area contributed by atoms with Gasteiger partial charge in [-0.15, -0.1) is 0 Å². The molecule has 4 nitrogen and oxygen atoms in total. The average Bonchev–Trinajstić information content (AvgIpc) is 2.34. The molecule has 1 aliphatic rings. The van der Waals surface area contributed by atoms with Gasteiger partial charge in [-0.25, -0.2) is 9.78 Å². The van der Waals surface area contributed by atoms with Gasteiger partial charge in [0, 0.05) is 12.2 Å². The molecule has 1 aromatic rings. The summed E-state index contributed by atoms with van der Waals surface area (Å²) in [5.41, 5.74) is 0.102. The first kappa shape index (κ1) is 14.1. The number of hydrogen-bond donors (Lipinski definition) is 2. The number of halogens is 1. The number of nitrogens with zero attached hydrogens (tertiary/aromatic N) is 1. The molecule has 1 fully saturated rings. The summed E-state index contributed by atoms with van der Waals surface area (Å²) in [6, 6.07) is 1.90. The van der Waals surface area contributed by atoms with Gasteiger partial charge in [-0.3, -0.25) is 0 Å². The van der Waals surface area contributed by atoms with Crippen molar-refractivity contribution in [3.05, 3.63) is 22.8 Å². The third kappa shape index (κ3) is 4.10. The standard InChI is InChI=1S/C14H19ClN2O2/c15-12-9-16-13(8-11(12)14(18)19)17-10-6-4-2-1-3-5-7-10/h8-10H,1-7H2,(H,16,17)(H,18,19). The number of carboxylic acid groups (broad SMARTS) is 1. The van der Waals surface area contributed by atoms with E-state index in [0.29, 0.717) is 11.9 Å². The van der Waals surface area contributed by atoms with Gasteiger partial charge in [-0.1, -0.05) is 43.7 Å². The molecule has 104 valence electrons. The van der Waals surface area contributed by atoms with E-state index >= 15 is 0 Å². The summed E-state index contributed by atoms with van der Waals surface area (Å²) < 4.78 is 0. The van der Waals surface area contributed by atoms with Crippen molar-refractivity contribution in [1.82, 2.24) is 4.98 Å². The van der Waals surface area contributed by atoms with Crippen LogP contribution in [0.25, 0.3) is 0 Å². The Labute approximate surface area is 118 Å². The second-order valence-electron chi connectivity index (χ2n) is 5.04. The highest BCUT2D eigenvalue weighted by Crippen LogP contribution is 2.22.